The van der Waals surface area contributed by atoms with Gasteiger partial charge in [0.05, 0.1) is 0 Å². The van der Waals surface area contributed by atoms with Crippen molar-refractivity contribution in [1.82, 2.24) is 0 Å². The van der Waals surface area contributed by atoms with Gasteiger partial charge in [-0.2, -0.15) is 0 Å². The SMILES string of the molecule is CC(C)c1ccc(Br)c(N)c1. The Balaban J connectivity index is 3.05. The molecule has 11 heavy (non-hydrogen) atoms. The van der Waals surface area contributed by atoms with Crippen LogP contribution in [0, 0.1) is 0 Å². The van der Waals surface area contributed by atoms with Gasteiger partial charge in [-0.25, -0.2) is 0 Å². The zero-order valence-electron chi connectivity index (χ0n) is 6.76. The molecule has 0 saturated heterocycles. The van der Waals surface area contributed by atoms with Crippen LogP contribution < -0.4 is 5.73 Å². The molecule has 0 unspecified atom stereocenters. The summed E-state index contributed by atoms with van der Waals surface area (Å²) in [5, 5.41) is 0. The lowest BCUT2D eigenvalue weighted by molar-refractivity contribution is 0.867. The summed E-state index contributed by atoms with van der Waals surface area (Å²) in [6.45, 7) is 4.31. The number of nitrogens with two attached hydrogens (primary N) is 1. The first-order valence-corrected chi connectivity index (χ1v) is 4.45. The average molecular weight is 214 g/mol. The zero-order chi connectivity index (χ0) is 8.43. The Morgan fingerprint density at radius 3 is 2.45 bits per heavy atom. The van der Waals surface area contributed by atoms with Gasteiger partial charge < -0.3 is 5.73 Å². The van der Waals surface area contributed by atoms with Crippen molar-refractivity contribution in [2.75, 3.05) is 5.73 Å². The highest BCUT2D eigenvalue weighted by Gasteiger charge is 2.00. The second kappa shape index (κ2) is 3.26. The van der Waals surface area contributed by atoms with Crippen molar-refractivity contribution >= 4 is 21.6 Å². The third-order valence-corrected chi connectivity index (χ3v) is 2.41. The molecule has 0 fully saturated rings. The summed E-state index contributed by atoms with van der Waals surface area (Å²) in [5.74, 6) is 0.547. The van der Waals surface area contributed by atoms with Crippen LogP contribution in [0.15, 0.2) is 22.7 Å². The van der Waals surface area contributed by atoms with E-state index in [1.807, 2.05) is 12.1 Å². The molecule has 0 heterocycles. The Kier molecular flexibility index (Phi) is 2.55. The van der Waals surface area contributed by atoms with Gasteiger partial charge in [-0.3, -0.25) is 0 Å². The molecule has 0 bridgehead atoms. The molecule has 0 saturated carbocycles. The Bertz CT molecular complexity index is 256. The average Bonchev–Trinajstić information content (AvgIpc) is 1.94. The first-order chi connectivity index (χ1) is 5.11. The number of hydrogen-bond donors (Lipinski definition) is 1. The minimum Gasteiger partial charge on any atom is -0.398 e. The monoisotopic (exact) mass is 213 g/mol. The first-order valence-electron chi connectivity index (χ1n) is 3.66. The predicted molar refractivity (Wildman–Crippen MR) is 52.6 cm³/mol. The van der Waals surface area contributed by atoms with Gasteiger partial charge in [0.15, 0.2) is 0 Å². The second-order valence-corrected chi connectivity index (χ2v) is 3.79. The summed E-state index contributed by atoms with van der Waals surface area (Å²) in [6.07, 6.45) is 0. The molecule has 2 N–H and O–H groups in total. The van der Waals surface area contributed by atoms with Gasteiger partial charge in [0.2, 0.25) is 0 Å². The highest BCUT2D eigenvalue weighted by Crippen LogP contribution is 2.24. The van der Waals surface area contributed by atoms with E-state index in [0.717, 1.165) is 10.2 Å². The van der Waals surface area contributed by atoms with E-state index >= 15 is 0 Å². The summed E-state index contributed by atoms with van der Waals surface area (Å²) in [7, 11) is 0. The third kappa shape index (κ3) is 1.96. The van der Waals surface area contributed by atoms with Crippen LogP contribution in [0.5, 0.6) is 0 Å². The fourth-order valence-corrected chi connectivity index (χ4v) is 1.17. The lowest BCUT2D eigenvalue weighted by atomic mass is 10.0. The Labute approximate surface area is 75.7 Å². The summed E-state index contributed by atoms with van der Waals surface area (Å²) in [6, 6.07) is 6.09. The molecule has 2 heteroatoms. The van der Waals surface area contributed by atoms with Gasteiger partial charge in [-0.05, 0) is 39.5 Å². The van der Waals surface area contributed by atoms with E-state index in [4.69, 9.17) is 5.73 Å². The van der Waals surface area contributed by atoms with Crippen molar-refractivity contribution in [2.24, 2.45) is 0 Å². The Hall–Kier alpha value is -0.500. The van der Waals surface area contributed by atoms with E-state index in [2.05, 4.69) is 35.8 Å². The van der Waals surface area contributed by atoms with E-state index < -0.39 is 0 Å². The lowest BCUT2D eigenvalue weighted by Gasteiger charge is -2.06. The van der Waals surface area contributed by atoms with Crippen molar-refractivity contribution in [3.8, 4) is 0 Å². The number of rotatable bonds is 1. The molecule has 1 aromatic carbocycles. The van der Waals surface area contributed by atoms with Crippen LogP contribution >= 0.6 is 15.9 Å². The van der Waals surface area contributed by atoms with E-state index in [1.54, 1.807) is 0 Å². The maximum atomic E-state index is 5.71. The molecule has 0 atom stereocenters. The molecule has 0 aliphatic rings. The quantitative estimate of drug-likeness (QED) is 0.714. The zero-order valence-corrected chi connectivity index (χ0v) is 8.35. The number of benzene rings is 1. The molecule has 1 rings (SSSR count). The summed E-state index contributed by atoms with van der Waals surface area (Å²) >= 11 is 3.35. The molecule has 0 amide bonds. The van der Waals surface area contributed by atoms with Crippen molar-refractivity contribution in [2.45, 2.75) is 19.8 Å². The molecule has 0 aliphatic carbocycles. The molecular weight excluding hydrogens is 202 g/mol. The minimum atomic E-state index is 0.547. The van der Waals surface area contributed by atoms with Gasteiger partial charge in [-0.15, -0.1) is 0 Å². The summed E-state index contributed by atoms with van der Waals surface area (Å²) < 4.78 is 0.974. The maximum Gasteiger partial charge on any atom is 0.0461 e. The van der Waals surface area contributed by atoms with Crippen molar-refractivity contribution < 1.29 is 0 Å². The van der Waals surface area contributed by atoms with E-state index in [1.165, 1.54) is 5.56 Å². The van der Waals surface area contributed by atoms with Crippen LogP contribution in [0.4, 0.5) is 5.69 Å². The van der Waals surface area contributed by atoms with Crippen LogP contribution in [-0.4, -0.2) is 0 Å². The largest absolute Gasteiger partial charge is 0.398 e. The molecule has 0 aromatic heterocycles. The standard InChI is InChI=1S/C9H12BrN/c1-6(2)7-3-4-8(10)9(11)5-7/h3-6H,11H2,1-2H3. The summed E-state index contributed by atoms with van der Waals surface area (Å²) in [5.41, 5.74) is 7.81. The van der Waals surface area contributed by atoms with Crippen LogP contribution in [0.3, 0.4) is 0 Å². The maximum absolute atomic E-state index is 5.71. The van der Waals surface area contributed by atoms with Crippen molar-refractivity contribution in [1.29, 1.82) is 0 Å². The van der Waals surface area contributed by atoms with Crippen LogP contribution in [0.1, 0.15) is 25.3 Å². The number of halogens is 1. The molecular formula is C9H12BrN. The number of anilines is 1. The van der Waals surface area contributed by atoms with Gasteiger partial charge in [0.1, 0.15) is 0 Å². The molecule has 1 aromatic rings. The second-order valence-electron chi connectivity index (χ2n) is 2.94. The third-order valence-electron chi connectivity index (χ3n) is 1.69. The fourth-order valence-electron chi connectivity index (χ4n) is 0.921. The normalized spacial score (nSPS) is 10.5. The molecule has 0 aliphatic heterocycles. The first kappa shape index (κ1) is 8.60. The lowest BCUT2D eigenvalue weighted by Crippen LogP contribution is -1.91. The molecule has 1 nitrogen and oxygen atoms in total. The molecule has 0 radical (unpaired) electrons. The predicted octanol–water partition coefficient (Wildman–Crippen LogP) is 3.15. The molecule has 0 spiro atoms. The topological polar surface area (TPSA) is 26.0 Å². The van der Waals surface area contributed by atoms with Crippen LogP contribution in [0.2, 0.25) is 0 Å². The van der Waals surface area contributed by atoms with Gasteiger partial charge in [0, 0.05) is 10.2 Å². The van der Waals surface area contributed by atoms with Crippen LogP contribution in [0.25, 0.3) is 0 Å². The van der Waals surface area contributed by atoms with E-state index in [-0.39, 0.29) is 0 Å². The fraction of sp³-hybridized carbons (Fsp3) is 0.333. The van der Waals surface area contributed by atoms with Gasteiger partial charge >= 0.3 is 0 Å². The van der Waals surface area contributed by atoms with Crippen LogP contribution in [-0.2, 0) is 0 Å². The highest BCUT2D eigenvalue weighted by atomic mass is 79.9. The van der Waals surface area contributed by atoms with Gasteiger partial charge in [-0.1, -0.05) is 19.9 Å². The Morgan fingerprint density at radius 1 is 1.36 bits per heavy atom. The van der Waals surface area contributed by atoms with Crippen molar-refractivity contribution in [3.05, 3.63) is 28.2 Å². The van der Waals surface area contributed by atoms with Gasteiger partial charge in [0.25, 0.3) is 0 Å². The molecule has 60 valence electrons. The van der Waals surface area contributed by atoms with E-state index in [9.17, 15) is 0 Å². The van der Waals surface area contributed by atoms with Crippen molar-refractivity contribution in [3.63, 3.8) is 0 Å². The highest BCUT2D eigenvalue weighted by molar-refractivity contribution is 9.10. The summed E-state index contributed by atoms with van der Waals surface area (Å²) in [4.78, 5) is 0. The Morgan fingerprint density at radius 2 is 2.00 bits per heavy atom. The number of hydrogen-bond acceptors (Lipinski definition) is 1. The minimum absolute atomic E-state index is 0.547. The van der Waals surface area contributed by atoms with E-state index in [0.29, 0.717) is 5.92 Å². The number of nitrogen functional groups attached to an aromatic ring is 1. The smallest absolute Gasteiger partial charge is 0.0461 e.